The number of alkyl carbamates (subject to hydrolysis) is 1. The van der Waals surface area contributed by atoms with Crippen molar-refractivity contribution in [1.29, 1.82) is 0 Å². The molecule has 1 atom stereocenters. The average molecular weight is 564 g/mol. The normalized spacial score (nSPS) is 15.8. The number of carbonyl (C=O) groups is 2. The van der Waals surface area contributed by atoms with Crippen molar-refractivity contribution in [3.63, 3.8) is 0 Å². The maximum absolute atomic E-state index is 12.6. The van der Waals surface area contributed by atoms with Crippen molar-refractivity contribution < 1.29 is 14.3 Å². The Bertz CT molecular complexity index is 1490. The summed E-state index contributed by atoms with van der Waals surface area (Å²) < 4.78 is 7.10. The third kappa shape index (κ3) is 7.30. The van der Waals surface area contributed by atoms with Gasteiger partial charge in [-0.15, -0.1) is 5.10 Å². The van der Waals surface area contributed by atoms with Crippen molar-refractivity contribution in [2.75, 3.05) is 30.3 Å². The molecule has 3 aromatic heterocycles. The quantitative estimate of drug-likeness (QED) is 0.248. The highest BCUT2D eigenvalue weighted by atomic mass is 32.2. The van der Waals surface area contributed by atoms with E-state index in [1.54, 1.807) is 4.52 Å². The fraction of sp³-hybridized carbons (Fsp3) is 0.370. The number of aromatic amines is 1. The Labute approximate surface area is 236 Å². The number of fused-ring (bicyclic) bond motifs is 1. The summed E-state index contributed by atoms with van der Waals surface area (Å²) in [7, 11) is 0. The van der Waals surface area contributed by atoms with Gasteiger partial charge in [-0.1, -0.05) is 0 Å². The summed E-state index contributed by atoms with van der Waals surface area (Å²) in [5.41, 5.74) is 1.95. The van der Waals surface area contributed by atoms with Crippen LogP contribution in [0.4, 0.5) is 22.1 Å². The number of aryl methyl sites for hydroxylation is 1. The van der Waals surface area contributed by atoms with E-state index in [0.717, 1.165) is 29.1 Å². The predicted molar refractivity (Wildman–Crippen MR) is 153 cm³/mol. The first-order valence-electron chi connectivity index (χ1n) is 13.0. The highest BCUT2D eigenvalue weighted by molar-refractivity contribution is 7.99. The summed E-state index contributed by atoms with van der Waals surface area (Å²) in [5.74, 6) is 1.23. The molecule has 12 nitrogen and oxygen atoms in total. The minimum absolute atomic E-state index is 0.0361. The molecule has 5 rings (SSSR count). The van der Waals surface area contributed by atoms with Gasteiger partial charge in [-0.3, -0.25) is 14.8 Å². The smallest absolute Gasteiger partial charge is 0.407 e. The molecule has 0 bridgehead atoms. The second-order valence-corrected chi connectivity index (χ2v) is 11.7. The second kappa shape index (κ2) is 11.6. The van der Waals surface area contributed by atoms with Crippen LogP contribution < -0.4 is 16.0 Å². The molecule has 1 aliphatic heterocycles. The van der Waals surface area contributed by atoms with Crippen molar-refractivity contribution in [2.24, 2.45) is 0 Å². The molecule has 1 aliphatic rings. The number of carbonyl (C=O) groups excluding carboxylic acids is 2. The molecule has 0 spiro atoms. The Morgan fingerprint density at radius 3 is 2.73 bits per heavy atom. The average Bonchev–Trinajstić information content (AvgIpc) is 3.61. The first-order chi connectivity index (χ1) is 19.1. The molecule has 13 heteroatoms. The molecule has 0 saturated carbocycles. The number of rotatable bonds is 8. The molecular formula is C27H33N9O3S. The van der Waals surface area contributed by atoms with Gasteiger partial charge < -0.3 is 20.7 Å². The molecule has 40 heavy (non-hydrogen) atoms. The number of nitrogens with one attached hydrogen (secondary N) is 4. The topological polar surface area (TPSA) is 142 Å². The van der Waals surface area contributed by atoms with Gasteiger partial charge in [0.05, 0.1) is 6.54 Å². The Hall–Kier alpha value is -4.10. The summed E-state index contributed by atoms with van der Waals surface area (Å²) in [6.07, 6.45) is 2.21. The van der Waals surface area contributed by atoms with Gasteiger partial charge in [-0.25, -0.2) is 14.3 Å². The van der Waals surface area contributed by atoms with Crippen molar-refractivity contribution in [1.82, 2.24) is 35.0 Å². The molecule has 1 saturated heterocycles. The third-order valence-electron chi connectivity index (χ3n) is 6.03. The van der Waals surface area contributed by atoms with E-state index in [2.05, 4.69) is 31.2 Å². The zero-order valence-electron chi connectivity index (χ0n) is 22.9. The van der Waals surface area contributed by atoms with Crippen LogP contribution in [0.2, 0.25) is 0 Å². The van der Waals surface area contributed by atoms with Crippen molar-refractivity contribution in [3.8, 4) is 0 Å². The van der Waals surface area contributed by atoms with Gasteiger partial charge >= 0.3 is 6.09 Å². The molecular weight excluding hydrogens is 530 g/mol. The van der Waals surface area contributed by atoms with Crippen LogP contribution in [0, 0.1) is 6.92 Å². The standard InChI is InChI=1S/C27H33N9O3S/c1-17-14-22(33-32-17)30-24-21-6-5-12-36(21)34-25(31-24)40-20-9-7-18(8-10-20)28-23(37)16-35-13-11-19(15-35)29-26(38)39-27(2,3)4/h5-10,12,14,19H,11,13,15-16H2,1-4H3,(H,28,37)(H,29,38)(H2,30,31,32,33,34)/t19-/m1/s1. The van der Waals surface area contributed by atoms with E-state index in [-0.39, 0.29) is 18.5 Å². The number of H-pyrrole nitrogens is 1. The number of likely N-dealkylation sites (tertiary alicyclic amines) is 1. The fourth-order valence-corrected chi connectivity index (χ4v) is 5.09. The van der Waals surface area contributed by atoms with Crippen molar-refractivity contribution >= 4 is 46.6 Å². The minimum atomic E-state index is -0.542. The third-order valence-corrected chi connectivity index (χ3v) is 6.89. The van der Waals surface area contributed by atoms with Gasteiger partial charge in [0.25, 0.3) is 0 Å². The van der Waals surface area contributed by atoms with Crippen LogP contribution >= 0.6 is 11.8 Å². The van der Waals surface area contributed by atoms with E-state index in [4.69, 9.17) is 9.72 Å². The zero-order valence-corrected chi connectivity index (χ0v) is 23.7. The van der Waals surface area contributed by atoms with Crippen LogP contribution in [0.25, 0.3) is 5.52 Å². The maximum Gasteiger partial charge on any atom is 0.407 e. The van der Waals surface area contributed by atoms with Gasteiger partial charge in [-0.2, -0.15) is 5.10 Å². The Morgan fingerprint density at radius 2 is 2.00 bits per heavy atom. The number of aromatic nitrogens is 5. The molecule has 210 valence electrons. The maximum atomic E-state index is 12.6. The second-order valence-electron chi connectivity index (χ2n) is 10.7. The van der Waals surface area contributed by atoms with Gasteiger partial charge in [-0.05, 0) is 82.3 Å². The van der Waals surface area contributed by atoms with Crippen LogP contribution in [0.1, 0.15) is 32.9 Å². The van der Waals surface area contributed by atoms with Crippen LogP contribution in [0.5, 0.6) is 0 Å². The summed E-state index contributed by atoms with van der Waals surface area (Å²) in [6, 6.07) is 13.3. The predicted octanol–water partition coefficient (Wildman–Crippen LogP) is 4.19. The first kappa shape index (κ1) is 27.5. The molecule has 4 N–H and O–H groups in total. The minimum Gasteiger partial charge on any atom is -0.444 e. The number of anilines is 3. The van der Waals surface area contributed by atoms with Crippen LogP contribution in [0.15, 0.2) is 58.7 Å². The van der Waals surface area contributed by atoms with E-state index in [9.17, 15) is 9.59 Å². The number of amides is 2. The lowest BCUT2D eigenvalue weighted by Gasteiger charge is -2.22. The number of nitrogens with zero attached hydrogens (tertiary/aromatic N) is 5. The van der Waals surface area contributed by atoms with Gasteiger partial charge in [0.1, 0.15) is 11.1 Å². The molecule has 0 radical (unpaired) electrons. The number of benzene rings is 1. The lowest BCUT2D eigenvalue weighted by molar-refractivity contribution is -0.117. The number of ether oxygens (including phenoxy) is 1. The zero-order chi connectivity index (χ0) is 28.3. The Balaban J connectivity index is 1.14. The monoisotopic (exact) mass is 563 g/mol. The van der Waals surface area contributed by atoms with Crippen LogP contribution in [0.3, 0.4) is 0 Å². The van der Waals surface area contributed by atoms with Crippen LogP contribution in [-0.4, -0.2) is 73.0 Å². The lowest BCUT2D eigenvalue weighted by Crippen LogP contribution is -2.41. The number of hydrogen-bond acceptors (Lipinski definition) is 9. The summed E-state index contributed by atoms with van der Waals surface area (Å²) >= 11 is 1.42. The fourth-order valence-electron chi connectivity index (χ4n) is 4.34. The largest absolute Gasteiger partial charge is 0.444 e. The molecule has 2 amide bonds. The van der Waals surface area contributed by atoms with E-state index in [1.807, 2.05) is 81.3 Å². The van der Waals surface area contributed by atoms with Gasteiger partial charge in [0.2, 0.25) is 11.1 Å². The van der Waals surface area contributed by atoms with Gasteiger partial charge in [0.15, 0.2) is 11.6 Å². The molecule has 0 unspecified atom stereocenters. The van der Waals surface area contributed by atoms with Gasteiger partial charge in [0, 0.05) is 47.7 Å². The van der Waals surface area contributed by atoms with Crippen molar-refractivity contribution in [3.05, 3.63) is 54.4 Å². The summed E-state index contributed by atoms with van der Waals surface area (Å²) in [6.45, 7) is 9.01. The SMILES string of the molecule is Cc1cc(Nc2nc(Sc3ccc(NC(=O)CN4CC[C@@H](NC(=O)OC(C)(C)C)C4)cc3)nn3cccc23)n[nH]1. The van der Waals surface area contributed by atoms with E-state index in [0.29, 0.717) is 29.0 Å². The first-order valence-corrected chi connectivity index (χ1v) is 13.9. The Kier molecular flexibility index (Phi) is 7.94. The molecule has 0 aliphatic carbocycles. The Morgan fingerprint density at radius 1 is 1.20 bits per heavy atom. The lowest BCUT2D eigenvalue weighted by atomic mass is 10.2. The van der Waals surface area contributed by atoms with Crippen LogP contribution in [-0.2, 0) is 9.53 Å². The molecule has 4 heterocycles. The molecule has 1 aromatic carbocycles. The van der Waals surface area contributed by atoms with E-state index in [1.165, 1.54) is 11.8 Å². The summed E-state index contributed by atoms with van der Waals surface area (Å²) in [4.78, 5) is 32.3. The molecule has 4 aromatic rings. The number of hydrogen-bond donors (Lipinski definition) is 4. The van der Waals surface area contributed by atoms with E-state index < -0.39 is 11.7 Å². The summed E-state index contributed by atoms with van der Waals surface area (Å²) in [5, 5.41) is 21.4. The van der Waals surface area contributed by atoms with Crippen molar-refractivity contribution in [2.45, 2.75) is 55.8 Å². The van der Waals surface area contributed by atoms with E-state index >= 15 is 0 Å². The highest BCUT2D eigenvalue weighted by Gasteiger charge is 2.27. The highest BCUT2D eigenvalue weighted by Crippen LogP contribution is 2.29. The molecule has 1 fully saturated rings.